The molecule has 1 atom stereocenters. The van der Waals surface area contributed by atoms with Gasteiger partial charge in [-0.15, -0.1) is 12.4 Å². The fourth-order valence-corrected chi connectivity index (χ4v) is 2.88. The second-order valence-electron chi connectivity index (χ2n) is 5.07. The van der Waals surface area contributed by atoms with Crippen molar-refractivity contribution < 1.29 is 0 Å². The lowest BCUT2D eigenvalue weighted by atomic mass is 10.0. The van der Waals surface area contributed by atoms with Gasteiger partial charge >= 0.3 is 0 Å². The van der Waals surface area contributed by atoms with Crippen molar-refractivity contribution in [1.29, 1.82) is 0 Å². The van der Waals surface area contributed by atoms with Crippen LogP contribution in [0.4, 0.5) is 0 Å². The third-order valence-electron chi connectivity index (χ3n) is 3.68. The number of rotatable bonds is 3. The van der Waals surface area contributed by atoms with Gasteiger partial charge in [-0.3, -0.25) is 9.88 Å². The highest BCUT2D eigenvalue weighted by atomic mass is 35.5. The Morgan fingerprint density at radius 2 is 2.14 bits per heavy atom. The Morgan fingerprint density at radius 3 is 2.90 bits per heavy atom. The summed E-state index contributed by atoms with van der Waals surface area (Å²) in [5.74, 6) is 0. The fourth-order valence-electron chi connectivity index (χ4n) is 2.68. The molecular formula is C16H19Cl2N3. The Bertz CT molecular complexity index is 562. The minimum Gasteiger partial charge on any atom is -0.314 e. The molecule has 0 saturated carbocycles. The van der Waals surface area contributed by atoms with E-state index in [1.807, 2.05) is 30.5 Å². The van der Waals surface area contributed by atoms with Crippen LogP contribution in [0.15, 0.2) is 48.7 Å². The number of nitrogens with one attached hydrogen (secondary N) is 1. The second kappa shape index (κ2) is 7.76. The van der Waals surface area contributed by atoms with Crippen LogP contribution < -0.4 is 5.32 Å². The third kappa shape index (κ3) is 4.17. The SMILES string of the molecule is Cl.Clc1cccc(C2CNCCN2Cc2ccccn2)c1. The first-order chi connectivity index (χ1) is 9.83. The van der Waals surface area contributed by atoms with Crippen molar-refractivity contribution in [3.05, 3.63) is 64.9 Å². The first-order valence-corrected chi connectivity index (χ1v) is 7.31. The molecule has 1 aliphatic heterocycles. The maximum absolute atomic E-state index is 6.12. The first kappa shape index (κ1) is 16.2. The molecule has 0 amide bonds. The van der Waals surface area contributed by atoms with Crippen LogP contribution in [-0.4, -0.2) is 29.5 Å². The van der Waals surface area contributed by atoms with E-state index in [-0.39, 0.29) is 12.4 Å². The van der Waals surface area contributed by atoms with E-state index in [4.69, 9.17) is 11.6 Å². The van der Waals surface area contributed by atoms with Crippen molar-refractivity contribution in [2.24, 2.45) is 0 Å². The highest BCUT2D eigenvalue weighted by Gasteiger charge is 2.24. The van der Waals surface area contributed by atoms with Gasteiger partial charge in [-0.1, -0.05) is 29.8 Å². The number of halogens is 2. The van der Waals surface area contributed by atoms with E-state index < -0.39 is 0 Å². The average Bonchev–Trinajstić information content (AvgIpc) is 2.49. The molecule has 3 rings (SSSR count). The molecule has 1 fully saturated rings. The van der Waals surface area contributed by atoms with Crippen LogP contribution in [0, 0.1) is 0 Å². The Labute approximate surface area is 136 Å². The lowest BCUT2D eigenvalue weighted by Gasteiger charge is -2.36. The fraction of sp³-hybridized carbons (Fsp3) is 0.312. The van der Waals surface area contributed by atoms with Crippen molar-refractivity contribution in [2.75, 3.05) is 19.6 Å². The highest BCUT2D eigenvalue weighted by Crippen LogP contribution is 2.25. The van der Waals surface area contributed by atoms with Crippen molar-refractivity contribution in [1.82, 2.24) is 15.2 Å². The Hall–Kier alpha value is -1.13. The van der Waals surface area contributed by atoms with Gasteiger partial charge in [0, 0.05) is 43.4 Å². The molecule has 112 valence electrons. The number of benzene rings is 1. The molecule has 3 nitrogen and oxygen atoms in total. The Morgan fingerprint density at radius 1 is 1.24 bits per heavy atom. The average molecular weight is 324 g/mol. The maximum Gasteiger partial charge on any atom is 0.0544 e. The molecule has 1 saturated heterocycles. The molecule has 1 N–H and O–H groups in total. The van der Waals surface area contributed by atoms with Gasteiger partial charge < -0.3 is 5.32 Å². The molecule has 2 aromatic rings. The van der Waals surface area contributed by atoms with Crippen LogP contribution >= 0.6 is 24.0 Å². The number of hydrogen-bond donors (Lipinski definition) is 1. The van der Waals surface area contributed by atoms with E-state index in [0.717, 1.165) is 36.9 Å². The molecule has 1 aromatic heterocycles. The zero-order valence-corrected chi connectivity index (χ0v) is 13.3. The van der Waals surface area contributed by atoms with Crippen LogP contribution in [0.3, 0.4) is 0 Å². The summed E-state index contributed by atoms with van der Waals surface area (Å²) in [6, 6.07) is 14.6. The maximum atomic E-state index is 6.12. The molecule has 0 spiro atoms. The van der Waals surface area contributed by atoms with Gasteiger partial charge in [-0.2, -0.15) is 0 Å². The highest BCUT2D eigenvalue weighted by molar-refractivity contribution is 6.30. The normalized spacial score (nSPS) is 19.0. The summed E-state index contributed by atoms with van der Waals surface area (Å²) in [5, 5.41) is 4.26. The number of aromatic nitrogens is 1. The molecule has 0 aliphatic carbocycles. The smallest absolute Gasteiger partial charge is 0.0544 e. The summed E-state index contributed by atoms with van der Waals surface area (Å²) in [6.07, 6.45) is 1.85. The lowest BCUT2D eigenvalue weighted by Crippen LogP contribution is -2.45. The number of piperazine rings is 1. The van der Waals surface area contributed by atoms with Gasteiger partial charge in [-0.05, 0) is 29.8 Å². The zero-order valence-electron chi connectivity index (χ0n) is 11.7. The first-order valence-electron chi connectivity index (χ1n) is 6.93. The molecule has 2 heterocycles. The van der Waals surface area contributed by atoms with Crippen LogP contribution in [-0.2, 0) is 6.54 Å². The van der Waals surface area contributed by atoms with Gasteiger partial charge in [0.05, 0.1) is 5.69 Å². The van der Waals surface area contributed by atoms with Crippen LogP contribution in [0.1, 0.15) is 17.3 Å². The minimum atomic E-state index is 0. The van der Waals surface area contributed by atoms with Gasteiger partial charge in [-0.25, -0.2) is 0 Å². The molecule has 1 aromatic carbocycles. The van der Waals surface area contributed by atoms with Crippen molar-refractivity contribution in [2.45, 2.75) is 12.6 Å². The van der Waals surface area contributed by atoms with Gasteiger partial charge in [0.1, 0.15) is 0 Å². The van der Waals surface area contributed by atoms with Gasteiger partial charge in [0.15, 0.2) is 0 Å². The van der Waals surface area contributed by atoms with E-state index in [0.29, 0.717) is 6.04 Å². The molecule has 5 heteroatoms. The van der Waals surface area contributed by atoms with E-state index >= 15 is 0 Å². The van der Waals surface area contributed by atoms with Crippen LogP contribution in [0.5, 0.6) is 0 Å². The predicted octanol–water partition coefficient (Wildman–Crippen LogP) is 3.30. The third-order valence-corrected chi connectivity index (χ3v) is 3.91. The number of hydrogen-bond acceptors (Lipinski definition) is 3. The monoisotopic (exact) mass is 323 g/mol. The van der Waals surface area contributed by atoms with Crippen molar-refractivity contribution in [3.8, 4) is 0 Å². The summed E-state index contributed by atoms with van der Waals surface area (Å²) in [7, 11) is 0. The molecule has 1 aliphatic rings. The summed E-state index contributed by atoms with van der Waals surface area (Å²) < 4.78 is 0. The quantitative estimate of drug-likeness (QED) is 0.939. The van der Waals surface area contributed by atoms with Crippen molar-refractivity contribution in [3.63, 3.8) is 0 Å². The largest absolute Gasteiger partial charge is 0.314 e. The summed E-state index contributed by atoms with van der Waals surface area (Å²) in [4.78, 5) is 6.89. The molecule has 1 unspecified atom stereocenters. The van der Waals surface area contributed by atoms with Gasteiger partial charge in [0.25, 0.3) is 0 Å². The van der Waals surface area contributed by atoms with E-state index in [1.165, 1.54) is 5.56 Å². The second-order valence-corrected chi connectivity index (χ2v) is 5.50. The topological polar surface area (TPSA) is 28.2 Å². The molecule has 0 radical (unpaired) electrons. The van der Waals surface area contributed by atoms with Crippen LogP contribution in [0.25, 0.3) is 0 Å². The number of nitrogens with zero attached hydrogens (tertiary/aromatic N) is 2. The van der Waals surface area contributed by atoms with Crippen LogP contribution in [0.2, 0.25) is 5.02 Å². The standard InChI is InChI=1S/C16H18ClN3.ClH/c17-14-5-3-4-13(10-14)16-11-18-8-9-20(16)12-15-6-1-2-7-19-15;/h1-7,10,16,18H,8-9,11-12H2;1H. The van der Waals surface area contributed by atoms with E-state index in [2.05, 4.69) is 33.4 Å². The summed E-state index contributed by atoms with van der Waals surface area (Å²) in [5.41, 5.74) is 2.38. The molecule has 0 bridgehead atoms. The Kier molecular flexibility index (Phi) is 6.00. The summed E-state index contributed by atoms with van der Waals surface area (Å²) >= 11 is 6.12. The Balaban J connectivity index is 0.00000161. The predicted molar refractivity (Wildman–Crippen MR) is 89.0 cm³/mol. The number of pyridine rings is 1. The minimum absolute atomic E-state index is 0. The molecule has 21 heavy (non-hydrogen) atoms. The van der Waals surface area contributed by atoms with Crippen molar-refractivity contribution >= 4 is 24.0 Å². The van der Waals surface area contributed by atoms with E-state index in [1.54, 1.807) is 0 Å². The van der Waals surface area contributed by atoms with Gasteiger partial charge in [0.2, 0.25) is 0 Å². The summed E-state index contributed by atoms with van der Waals surface area (Å²) in [6.45, 7) is 3.87. The zero-order chi connectivity index (χ0) is 13.8. The van der Waals surface area contributed by atoms with E-state index in [9.17, 15) is 0 Å². The molecular weight excluding hydrogens is 305 g/mol. The lowest BCUT2D eigenvalue weighted by molar-refractivity contribution is 0.152.